The van der Waals surface area contributed by atoms with Crippen molar-refractivity contribution in [3.8, 4) is 0 Å². The maximum atomic E-state index is 13.3. The zero-order chi connectivity index (χ0) is 11.2. The third-order valence-electron chi connectivity index (χ3n) is 2.77. The van der Waals surface area contributed by atoms with Gasteiger partial charge in [-0.05, 0) is 25.9 Å². The van der Waals surface area contributed by atoms with Crippen molar-refractivity contribution in [1.82, 2.24) is 4.90 Å². The van der Waals surface area contributed by atoms with Gasteiger partial charge in [0.05, 0.1) is 6.54 Å². The van der Waals surface area contributed by atoms with E-state index in [2.05, 4.69) is 0 Å². The molecule has 14 heavy (non-hydrogen) atoms. The van der Waals surface area contributed by atoms with Gasteiger partial charge >= 0.3 is 0 Å². The van der Waals surface area contributed by atoms with Crippen molar-refractivity contribution in [3.05, 3.63) is 0 Å². The van der Waals surface area contributed by atoms with Crippen molar-refractivity contribution < 1.29 is 8.78 Å². The summed E-state index contributed by atoms with van der Waals surface area (Å²) in [5.41, 5.74) is 0. The molecule has 1 heterocycles. The van der Waals surface area contributed by atoms with E-state index in [1.165, 1.54) is 0 Å². The minimum Gasteiger partial charge on any atom is -0.298 e. The van der Waals surface area contributed by atoms with E-state index in [1.54, 1.807) is 0 Å². The van der Waals surface area contributed by atoms with E-state index in [1.807, 2.05) is 32.6 Å². The largest absolute Gasteiger partial charge is 0.298 e. The maximum absolute atomic E-state index is 13.3. The summed E-state index contributed by atoms with van der Waals surface area (Å²) >= 11 is 0. The first-order valence-corrected chi connectivity index (χ1v) is 5.70. The standard InChI is InChI=1S/C9H17F2N.C2H6/c1-3-8-5-6-12(4-2)7-9(8,10)11;1-2/h8H,3-7H2,1-2H3;1-2H3/t8-;/m1./s1. The SMILES string of the molecule is CC.CC[C@@H]1CCN(CC)CC1(F)F. The zero-order valence-electron chi connectivity index (χ0n) is 9.82. The van der Waals surface area contributed by atoms with Crippen LogP contribution in [0.4, 0.5) is 8.78 Å². The number of hydrogen-bond acceptors (Lipinski definition) is 1. The fourth-order valence-corrected chi connectivity index (χ4v) is 1.83. The Hall–Kier alpha value is -0.180. The van der Waals surface area contributed by atoms with Crippen LogP contribution in [-0.2, 0) is 0 Å². The monoisotopic (exact) mass is 207 g/mol. The van der Waals surface area contributed by atoms with Gasteiger partial charge in [-0.1, -0.05) is 27.7 Å². The number of likely N-dealkylation sites (tertiary alicyclic amines) is 1. The molecule has 1 atom stereocenters. The van der Waals surface area contributed by atoms with Gasteiger partial charge in [0, 0.05) is 5.92 Å². The third-order valence-corrected chi connectivity index (χ3v) is 2.77. The number of rotatable bonds is 2. The van der Waals surface area contributed by atoms with Crippen LogP contribution in [0, 0.1) is 5.92 Å². The Bertz CT molecular complexity index is 148. The van der Waals surface area contributed by atoms with E-state index < -0.39 is 5.92 Å². The van der Waals surface area contributed by atoms with Gasteiger partial charge in [-0.15, -0.1) is 0 Å². The van der Waals surface area contributed by atoms with E-state index in [-0.39, 0.29) is 12.5 Å². The van der Waals surface area contributed by atoms with E-state index in [9.17, 15) is 8.78 Å². The highest BCUT2D eigenvalue weighted by atomic mass is 19.3. The molecule has 0 N–H and O–H groups in total. The Labute approximate surface area is 86.5 Å². The molecule has 1 fully saturated rings. The quantitative estimate of drug-likeness (QED) is 0.671. The van der Waals surface area contributed by atoms with Gasteiger partial charge in [0.2, 0.25) is 0 Å². The summed E-state index contributed by atoms with van der Waals surface area (Å²) in [6.45, 7) is 9.32. The van der Waals surface area contributed by atoms with Gasteiger partial charge in [0.15, 0.2) is 0 Å². The number of alkyl halides is 2. The van der Waals surface area contributed by atoms with E-state index >= 15 is 0 Å². The summed E-state index contributed by atoms with van der Waals surface area (Å²) in [6, 6.07) is 0. The van der Waals surface area contributed by atoms with Gasteiger partial charge in [0.25, 0.3) is 5.92 Å². The third kappa shape index (κ3) is 3.52. The molecule has 0 aliphatic carbocycles. The minimum atomic E-state index is -2.46. The average molecular weight is 207 g/mol. The second kappa shape index (κ2) is 6.33. The fraction of sp³-hybridized carbons (Fsp3) is 1.00. The molecule has 0 amide bonds. The predicted octanol–water partition coefficient (Wildman–Crippen LogP) is 3.40. The minimum absolute atomic E-state index is 0.0397. The molecule has 0 aromatic carbocycles. The average Bonchev–Trinajstić information content (AvgIpc) is 2.19. The molecule has 1 aliphatic heterocycles. The Morgan fingerprint density at radius 3 is 2.21 bits per heavy atom. The molecule has 86 valence electrons. The number of piperidine rings is 1. The second-order valence-corrected chi connectivity index (χ2v) is 3.52. The van der Waals surface area contributed by atoms with Crippen LogP contribution in [0.15, 0.2) is 0 Å². The molecule has 1 rings (SSSR count). The van der Waals surface area contributed by atoms with Gasteiger partial charge < -0.3 is 0 Å². The van der Waals surface area contributed by atoms with Crippen molar-refractivity contribution in [2.75, 3.05) is 19.6 Å². The van der Waals surface area contributed by atoms with Gasteiger partial charge in [-0.25, -0.2) is 8.78 Å². The summed E-state index contributed by atoms with van der Waals surface area (Å²) in [6.07, 6.45) is 1.25. The van der Waals surface area contributed by atoms with Crippen LogP contribution in [-0.4, -0.2) is 30.5 Å². The molecule has 0 saturated carbocycles. The molecule has 1 aliphatic rings. The Kier molecular flexibility index (Phi) is 6.25. The molecule has 0 spiro atoms. The first-order valence-electron chi connectivity index (χ1n) is 5.70. The Morgan fingerprint density at radius 2 is 1.86 bits per heavy atom. The topological polar surface area (TPSA) is 3.24 Å². The normalized spacial score (nSPS) is 26.6. The summed E-state index contributed by atoms with van der Waals surface area (Å²) in [5, 5.41) is 0. The first-order chi connectivity index (χ1) is 6.60. The van der Waals surface area contributed by atoms with E-state index in [0.717, 1.165) is 13.1 Å². The van der Waals surface area contributed by atoms with Crippen LogP contribution < -0.4 is 0 Å². The van der Waals surface area contributed by atoms with Gasteiger partial charge in [-0.2, -0.15) is 0 Å². The molecular weight excluding hydrogens is 184 g/mol. The van der Waals surface area contributed by atoms with Crippen molar-refractivity contribution in [2.45, 2.75) is 46.5 Å². The molecule has 0 bridgehead atoms. The number of halogens is 2. The first kappa shape index (κ1) is 13.8. The second-order valence-electron chi connectivity index (χ2n) is 3.52. The summed E-state index contributed by atoms with van der Waals surface area (Å²) in [7, 11) is 0. The van der Waals surface area contributed by atoms with Crippen LogP contribution in [0.3, 0.4) is 0 Å². The van der Waals surface area contributed by atoms with Crippen LogP contribution in [0.2, 0.25) is 0 Å². The lowest BCUT2D eigenvalue weighted by molar-refractivity contribution is -0.110. The van der Waals surface area contributed by atoms with Crippen molar-refractivity contribution in [2.24, 2.45) is 5.92 Å². The highest BCUT2D eigenvalue weighted by molar-refractivity contribution is 4.85. The molecule has 0 aromatic rings. The van der Waals surface area contributed by atoms with E-state index in [4.69, 9.17) is 0 Å². The summed E-state index contributed by atoms with van der Waals surface area (Å²) < 4.78 is 26.5. The zero-order valence-corrected chi connectivity index (χ0v) is 9.82. The summed E-state index contributed by atoms with van der Waals surface area (Å²) in [5.74, 6) is -2.84. The van der Waals surface area contributed by atoms with Gasteiger partial charge in [0.1, 0.15) is 0 Å². The van der Waals surface area contributed by atoms with Gasteiger partial charge in [-0.3, -0.25) is 4.90 Å². The Balaban J connectivity index is 0.000000791. The molecule has 0 radical (unpaired) electrons. The van der Waals surface area contributed by atoms with Crippen molar-refractivity contribution in [1.29, 1.82) is 0 Å². The highest BCUT2D eigenvalue weighted by Gasteiger charge is 2.42. The maximum Gasteiger partial charge on any atom is 0.263 e. The van der Waals surface area contributed by atoms with Crippen LogP contribution in [0.25, 0.3) is 0 Å². The highest BCUT2D eigenvalue weighted by Crippen LogP contribution is 2.34. The number of nitrogens with zero attached hydrogens (tertiary/aromatic N) is 1. The van der Waals surface area contributed by atoms with E-state index in [0.29, 0.717) is 12.8 Å². The lowest BCUT2D eigenvalue weighted by atomic mass is 9.90. The van der Waals surface area contributed by atoms with Crippen LogP contribution in [0.5, 0.6) is 0 Å². The fourth-order valence-electron chi connectivity index (χ4n) is 1.83. The summed E-state index contributed by atoms with van der Waals surface area (Å²) in [4.78, 5) is 1.83. The van der Waals surface area contributed by atoms with Crippen molar-refractivity contribution in [3.63, 3.8) is 0 Å². The van der Waals surface area contributed by atoms with Crippen LogP contribution >= 0.6 is 0 Å². The molecule has 1 nitrogen and oxygen atoms in total. The lowest BCUT2D eigenvalue weighted by Gasteiger charge is -2.37. The molecule has 1 saturated heterocycles. The number of hydrogen-bond donors (Lipinski definition) is 0. The smallest absolute Gasteiger partial charge is 0.263 e. The molecule has 3 heteroatoms. The molecule has 0 unspecified atom stereocenters. The Morgan fingerprint density at radius 1 is 1.29 bits per heavy atom. The predicted molar refractivity (Wildman–Crippen MR) is 56.8 cm³/mol. The van der Waals surface area contributed by atoms with Crippen LogP contribution in [0.1, 0.15) is 40.5 Å². The van der Waals surface area contributed by atoms with Crippen molar-refractivity contribution >= 4 is 0 Å². The molecule has 0 aromatic heterocycles. The molecular formula is C11H23F2N. The lowest BCUT2D eigenvalue weighted by Crippen LogP contribution is -2.48.